The molecule has 0 aliphatic heterocycles. The monoisotopic (exact) mass is 471 g/mol. The molecule has 2 aromatic carbocycles. The molecule has 3 aromatic rings. The summed E-state index contributed by atoms with van der Waals surface area (Å²) in [5.74, 6) is -0.300. The fraction of sp³-hybridized carbons (Fsp3) is 0.100. The van der Waals surface area contributed by atoms with Gasteiger partial charge in [-0.05, 0) is 60.2 Å². The van der Waals surface area contributed by atoms with E-state index in [0.29, 0.717) is 38.6 Å². The van der Waals surface area contributed by atoms with Crippen molar-refractivity contribution in [2.45, 2.75) is 12.9 Å². The molecule has 0 saturated heterocycles. The summed E-state index contributed by atoms with van der Waals surface area (Å²) in [6.07, 6.45) is -3.14. The molecule has 10 heteroatoms. The second-order valence-corrected chi connectivity index (χ2v) is 7.19. The van der Waals surface area contributed by atoms with Crippen LogP contribution in [0.5, 0.6) is 5.75 Å². The van der Waals surface area contributed by atoms with Crippen LogP contribution in [-0.4, -0.2) is 16.5 Å². The number of benzene rings is 2. The number of ether oxygens (including phenoxy) is 1. The molecule has 0 atom stereocenters. The summed E-state index contributed by atoms with van der Waals surface area (Å²) < 4.78 is 40.9. The fourth-order valence-electron chi connectivity index (χ4n) is 2.60. The third-order valence-corrected chi connectivity index (χ3v) is 4.96. The summed E-state index contributed by atoms with van der Waals surface area (Å²) in [5, 5.41) is 7.10. The molecule has 1 heterocycles. The molecule has 0 saturated carbocycles. The smallest absolute Gasteiger partial charge is 0.406 e. The van der Waals surface area contributed by atoms with Crippen LogP contribution in [0.15, 0.2) is 60.8 Å². The number of nitrogens with one attached hydrogen (secondary N) is 2. The van der Waals surface area contributed by atoms with Crippen molar-refractivity contribution in [3.63, 3.8) is 0 Å². The molecule has 2 N–H and O–H groups in total. The molecule has 0 aliphatic rings. The number of aromatic nitrogens is 1. The van der Waals surface area contributed by atoms with Crippen LogP contribution in [0.25, 0.3) is 11.3 Å². The lowest BCUT2D eigenvalue weighted by atomic mass is 10.1. The van der Waals surface area contributed by atoms with Crippen molar-refractivity contribution >= 4 is 46.2 Å². The molecule has 0 unspecified atom stereocenters. The average Bonchev–Trinajstić information content (AvgIpc) is 2.70. The van der Waals surface area contributed by atoms with E-state index in [4.69, 9.17) is 35.4 Å². The molecule has 0 bridgehead atoms. The van der Waals surface area contributed by atoms with Crippen molar-refractivity contribution < 1.29 is 17.9 Å². The Morgan fingerprint density at radius 2 is 1.77 bits per heavy atom. The highest BCUT2D eigenvalue weighted by Gasteiger charge is 2.31. The highest BCUT2D eigenvalue weighted by atomic mass is 35.5. The Hall–Kier alpha value is -2.55. The Balaban J connectivity index is 1.69. The SMILES string of the molecule is FC(F)(F)Oc1ccc(-c2ncccc2CNC(=S)Nc2cccc(Cl)c2Cl)cc1. The molecule has 156 valence electrons. The topological polar surface area (TPSA) is 46.2 Å². The lowest BCUT2D eigenvalue weighted by Crippen LogP contribution is -2.28. The van der Waals surface area contributed by atoms with Crippen molar-refractivity contribution in [1.82, 2.24) is 10.3 Å². The first-order chi connectivity index (χ1) is 14.2. The molecule has 30 heavy (non-hydrogen) atoms. The molecular weight excluding hydrogens is 458 g/mol. The van der Waals surface area contributed by atoms with Crippen molar-refractivity contribution in [3.05, 3.63) is 76.4 Å². The third kappa shape index (κ3) is 5.98. The number of thiocarbonyl (C=S) groups is 1. The number of hydrogen-bond donors (Lipinski definition) is 2. The summed E-state index contributed by atoms with van der Waals surface area (Å²) in [6.45, 7) is 0.327. The Morgan fingerprint density at radius 1 is 1.03 bits per heavy atom. The minimum Gasteiger partial charge on any atom is -0.406 e. The third-order valence-electron chi connectivity index (χ3n) is 3.89. The van der Waals surface area contributed by atoms with Crippen molar-refractivity contribution in [2.75, 3.05) is 5.32 Å². The maximum atomic E-state index is 12.3. The molecule has 0 radical (unpaired) electrons. The predicted molar refractivity (Wildman–Crippen MR) is 116 cm³/mol. The summed E-state index contributed by atoms with van der Waals surface area (Å²) in [7, 11) is 0. The van der Waals surface area contributed by atoms with Crippen LogP contribution in [0.4, 0.5) is 18.9 Å². The van der Waals surface area contributed by atoms with E-state index < -0.39 is 6.36 Å². The first-order valence-corrected chi connectivity index (χ1v) is 9.68. The van der Waals surface area contributed by atoms with Gasteiger partial charge in [0, 0.05) is 18.3 Å². The molecule has 0 aliphatic carbocycles. The van der Waals surface area contributed by atoms with Gasteiger partial charge in [0.25, 0.3) is 0 Å². The van der Waals surface area contributed by atoms with Crippen molar-refractivity contribution in [1.29, 1.82) is 0 Å². The number of pyridine rings is 1. The van der Waals surface area contributed by atoms with E-state index >= 15 is 0 Å². The van der Waals surface area contributed by atoms with Gasteiger partial charge in [-0.1, -0.05) is 35.3 Å². The maximum Gasteiger partial charge on any atom is 0.573 e. The van der Waals surface area contributed by atoms with Gasteiger partial charge in [0.1, 0.15) is 5.75 Å². The quantitative estimate of drug-likeness (QED) is 0.419. The molecule has 3 rings (SSSR count). The van der Waals surface area contributed by atoms with Gasteiger partial charge in [-0.2, -0.15) is 0 Å². The van der Waals surface area contributed by atoms with Crippen LogP contribution in [0.1, 0.15) is 5.56 Å². The van der Waals surface area contributed by atoms with Gasteiger partial charge < -0.3 is 15.4 Å². The van der Waals surface area contributed by atoms with Crippen LogP contribution in [0.3, 0.4) is 0 Å². The second kappa shape index (κ2) is 9.51. The minimum atomic E-state index is -4.74. The number of alkyl halides is 3. The zero-order valence-electron chi connectivity index (χ0n) is 15.1. The van der Waals surface area contributed by atoms with E-state index in [0.717, 1.165) is 5.56 Å². The van der Waals surface area contributed by atoms with E-state index in [-0.39, 0.29) is 5.75 Å². The van der Waals surface area contributed by atoms with Gasteiger partial charge in [0.15, 0.2) is 5.11 Å². The molecular formula is C20H14Cl2F3N3OS. The number of rotatable bonds is 5. The first-order valence-electron chi connectivity index (χ1n) is 8.52. The molecule has 0 amide bonds. The molecule has 1 aromatic heterocycles. The summed E-state index contributed by atoms with van der Waals surface area (Å²) >= 11 is 17.4. The van der Waals surface area contributed by atoms with E-state index in [1.807, 2.05) is 6.07 Å². The van der Waals surface area contributed by atoms with Gasteiger partial charge in [-0.3, -0.25) is 4.98 Å². The van der Waals surface area contributed by atoms with E-state index in [1.165, 1.54) is 24.3 Å². The summed E-state index contributed by atoms with van der Waals surface area (Å²) in [4.78, 5) is 4.34. The Bertz CT molecular complexity index is 1050. The van der Waals surface area contributed by atoms with E-state index in [2.05, 4.69) is 20.4 Å². The normalized spacial score (nSPS) is 11.1. The highest BCUT2D eigenvalue weighted by Crippen LogP contribution is 2.30. The fourth-order valence-corrected chi connectivity index (χ4v) is 3.13. The van der Waals surface area contributed by atoms with Crippen LogP contribution in [-0.2, 0) is 6.54 Å². The van der Waals surface area contributed by atoms with Crippen LogP contribution >= 0.6 is 35.4 Å². The zero-order valence-corrected chi connectivity index (χ0v) is 17.5. The Labute approximate surface area is 186 Å². The van der Waals surface area contributed by atoms with E-state index in [1.54, 1.807) is 30.5 Å². The lowest BCUT2D eigenvalue weighted by Gasteiger charge is -2.14. The average molecular weight is 472 g/mol. The predicted octanol–water partition coefficient (Wildman–Crippen LogP) is 6.44. The van der Waals surface area contributed by atoms with Crippen LogP contribution in [0.2, 0.25) is 10.0 Å². The minimum absolute atomic E-state index is 0.300. The number of hydrogen-bond acceptors (Lipinski definition) is 3. The van der Waals surface area contributed by atoms with Crippen molar-refractivity contribution in [2.24, 2.45) is 0 Å². The van der Waals surface area contributed by atoms with Gasteiger partial charge in [-0.15, -0.1) is 13.2 Å². The van der Waals surface area contributed by atoms with Crippen molar-refractivity contribution in [3.8, 4) is 17.0 Å². The van der Waals surface area contributed by atoms with Gasteiger partial charge in [-0.25, -0.2) is 0 Å². The highest BCUT2D eigenvalue weighted by molar-refractivity contribution is 7.80. The molecule has 4 nitrogen and oxygen atoms in total. The van der Waals surface area contributed by atoms with Gasteiger partial charge in [0.05, 0.1) is 21.4 Å². The van der Waals surface area contributed by atoms with Crippen LogP contribution < -0.4 is 15.4 Å². The largest absolute Gasteiger partial charge is 0.573 e. The standard InChI is InChI=1S/C20H14Cl2F3N3OS/c21-15-4-1-5-16(17(15)22)28-19(30)27-11-13-3-2-10-26-18(13)12-6-8-14(9-7-12)29-20(23,24)25/h1-10H,11H2,(H2,27,28,30). The zero-order chi connectivity index (χ0) is 21.7. The van der Waals surface area contributed by atoms with Crippen LogP contribution in [0, 0.1) is 0 Å². The summed E-state index contributed by atoms with van der Waals surface area (Å²) in [6, 6.07) is 14.2. The van der Waals surface area contributed by atoms with E-state index in [9.17, 15) is 13.2 Å². The Kier molecular flexibility index (Phi) is 7.02. The van der Waals surface area contributed by atoms with Gasteiger partial charge in [0.2, 0.25) is 0 Å². The number of nitrogens with zero attached hydrogens (tertiary/aromatic N) is 1. The maximum absolute atomic E-state index is 12.3. The Morgan fingerprint density at radius 3 is 2.47 bits per heavy atom. The van der Waals surface area contributed by atoms with Gasteiger partial charge >= 0.3 is 6.36 Å². The number of anilines is 1. The lowest BCUT2D eigenvalue weighted by molar-refractivity contribution is -0.274. The molecule has 0 spiro atoms. The summed E-state index contributed by atoms with van der Waals surface area (Å²) in [5.41, 5.74) is 2.60. The molecule has 0 fully saturated rings. The second-order valence-electron chi connectivity index (χ2n) is 5.99. The number of halogens is 5. The first kappa shape index (κ1) is 22.1.